The van der Waals surface area contributed by atoms with Crippen LogP contribution in [0.2, 0.25) is 0 Å². The van der Waals surface area contributed by atoms with E-state index in [9.17, 15) is 18.4 Å². The third-order valence-electron chi connectivity index (χ3n) is 7.04. The molecular weight excluding hydrogens is 468 g/mol. The maximum absolute atomic E-state index is 13.3. The topological polar surface area (TPSA) is 81.9 Å². The number of amides is 1. The summed E-state index contributed by atoms with van der Waals surface area (Å²) >= 11 is 0. The number of fused-ring (bicyclic) bond motifs is 1. The fourth-order valence-corrected chi connectivity index (χ4v) is 4.72. The summed E-state index contributed by atoms with van der Waals surface area (Å²) in [6.07, 6.45) is 9.30. The lowest BCUT2D eigenvalue weighted by Gasteiger charge is -2.17. The molecule has 1 N–H and O–H groups in total. The van der Waals surface area contributed by atoms with Gasteiger partial charge < -0.3 is 14.8 Å². The van der Waals surface area contributed by atoms with E-state index in [4.69, 9.17) is 9.47 Å². The number of imidazole rings is 1. The van der Waals surface area contributed by atoms with Crippen LogP contribution in [0.5, 0.6) is 11.5 Å². The molecule has 0 spiro atoms. The zero-order valence-electron chi connectivity index (χ0n) is 20.4. The molecule has 7 nitrogen and oxygen atoms in total. The summed E-state index contributed by atoms with van der Waals surface area (Å²) in [5, 5.41) is 2.80. The largest absolute Gasteiger partial charge is 0.496 e. The zero-order chi connectivity index (χ0) is 25.4. The predicted octanol–water partition coefficient (Wildman–Crippen LogP) is 5.29. The van der Waals surface area contributed by atoms with E-state index in [-0.39, 0.29) is 28.9 Å². The second kappa shape index (κ2) is 9.52. The van der Waals surface area contributed by atoms with Gasteiger partial charge in [0.25, 0.3) is 5.91 Å². The highest BCUT2D eigenvalue weighted by atomic mass is 19.3. The van der Waals surface area contributed by atoms with Gasteiger partial charge in [-0.1, -0.05) is 13.3 Å². The quantitative estimate of drug-likeness (QED) is 0.389. The minimum Gasteiger partial charge on any atom is -0.496 e. The van der Waals surface area contributed by atoms with Crippen molar-refractivity contribution >= 4 is 17.3 Å². The van der Waals surface area contributed by atoms with Crippen LogP contribution in [0.4, 0.5) is 8.78 Å². The van der Waals surface area contributed by atoms with Crippen molar-refractivity contribution in [3.63, 3.8) is 0 Å². The number of unbranched alkanes of at least 4 members (excludes halogenated alkanes) is 1. The first kappa shape index (κ1) is 24.2. The van der Waals surface area contributed by atoms with E-state index in [0.29, 0.717) is 23.3 Å². The number of methoxy groups -OCH3 is 1. The molecule has 0 unspecified atom stereocenters. The number of hydrogen-bond acceptors (Lipinski definition) is 5. The van der Waals surface area contributed by atoms with E-state index >= 15 is 0 Å². The Bertz CT molecular complexity index is 1310. The van der Waals surface area contributed by atoms with Crippen LogP contribution in [0.15, 0.2) is 36.7 Å². The normalized spacial score (nSPS) is 16.2. The summed E-state index contributed by atoms with van der Waals surface area (Å²) in [6.45, 7) is -1.04. The number of alkyl halides is 2. The van der Waals surface area contributed by atoms with E-state index < -0.39 is 17.9 Å². The summed E-state index contributed by atoms with van der Waals surface area (Å²) in [5.74, 6) is -0.366. The molecule has 5 rings (SSSR count). The van der Waals surface area contributed by atoms with Gasteiger partial charge in [0.15, 0.2) is 0 Å². The Labute approximate surface area is 207 Å². The molecule has 2 aromatic heterocycles. The van der Waals surface area contributed by atoms with E-state index in [2.05, 4.69) is 17.2 Å². The van der Waals surface area contributed by atoms with Crippen LogP contribution in [0, 0.1) is 0 Å². The van der Waals surface area contributed by atoms with Crippen LogP contribution in [0.3, 0.4) is 0 Å². The number of carbonyl (C=O) groups excluding carboxylic acids is 2. The first-order valence-electron chi connectivity index (χ1n) is 12.3. The van der Waals surface area contributed by atoms with Crippen molar-refractivity contribution in [1.29, 1.82) is 0 Å². The van der Waals surface area contributed by atoms with Crippen molar-refractivity contribution in [3.8, 4) is 22.8 Å². The van der Waals surface area contributed by atoms with Crippen LogP contribution < -0.4 is 14.8 Å². The SMILES string of the molecule is CCCCC(=O)C1(c2ccn3c(-c4cc(OC)c(C(=O)NC5CC5)c(OC(F)F)c4)cnc3c2)CC1. The summed E-state index contributed by atoms with van der Waals surface area (Å²) in [6, 6.07) is 6.92. The minimum absolute atomic E-state index is 0.0397. The van der Waals surface area contributed by atoms with Gasteiger partial charge in [-0.05, 0) is 61.9 Å². The van der Waals surface area contributed by atoms with Crippen molar-refractivity contribution in [1.82, 2.24) is 14.7 Å². The van der Waals surface area contributed by atoms with Gasteiger partial charge in [0, 0.05) is 24.2 Å². The Morgan fingerprint density at radius 3 is 2.61 bits per heavy atom. The summed E-state index contributed by atoms with van der Waals surface area (Å²) in [4.78, 5) is 30.2. The molecule has 0 saturated heterocycles. The number of halogens is 2. The maximum atomic E-state index is 13.3. The molecule has 2 aliphatic carbocycles. The molecule has 1 aromatic carbocycles. The molecule has 3 aromatic rings. The zero-order valence-corrected chi connectivity index (χ0v) is 20.4. The molecule has 36 heavy (non-hydrogen) atoms. The molecule has 2 fully saturated rings. The van der Waals surface area contributed by atoms with Crippen LogP contribution in [-0.2, 0) is 10.2 Å². The van der Waals surface area contributed by atoms with Crippen molar-refractivity contribution in [2.75, 3.05) is 7.11 Å². The van der Waals surface area contributed by atoms with E-state index in [1.807, 2.05) is 22.7 Å². The molecule has 2 saturated carbocycles. The molecule has 0 atom stereocenters. The first-order valence-corrected chi connectivity index (χ1v) is 12.3. The number of nitrogens with one attached hydrogen (secondary N) is 1. The number of ketones is 1. The average molecular weight is 498 g/mol. The van der Waals surface area contributed by atoms with Gasteiger partial charge in [0.1, 0.15) is 28.5 Å². The second-order valence-corrected chi connectivity index (χ2v) is 9.57. The van der Waals surface area contributed by atoms with Gasteiger partial charge in [-0.25, -0.2) is 4.98 Å². The highest BCUT2D eigenvalue weighted by molar-refractivity contribution is 6.01. The first-order chi connectivity index (χ1) is 17.4. The van der Waals surface area contributed by atoms with Crippen LogP contribution in [0.1, 0.15) is 67.8 Å². The lowest BCUT2D eigenvalue weighted by molar-refractivity contribution is -0.121. The van der Waals surface area contributed by atoms with Gasteiger partial charge in [0.05, 0.1) is 24.4 Å². The predicted molar refractivity (Wildman–Crippen MR) is 130 cm³/mol. The van der Waals surface area contributed by atoms with Crippen LogP contribution >= 0.6 is 0 Å². The highest BCUT2D eigenvalue weighted by Crippen LogP contribution is 2.50. The molecule has 0 bridgehead atoms. The number of carbonyl (C=O) groups is 2. The van der Waals surface area contributed by atoms with Gasteiger partial charge in [-0.15, -0.1) is 0 Å². The van der Waals surface area contributed by atoms with E-state index in [0.717, 1.165) is 44.1 Å². The smallest absolute Gasteiger partial charge is 0.387 e. The Morgan fingerprint density at radius 1 is 1.22 bits per heavy atom. The molecule has 2 heterocycles. The second-order valence-electron chi connectivity index (χ2n) is 9.57. The fourth-order valence-electron chi connectivity index (χ4n) is 4.72. The third-order valence-corrected chi connectivity index (χ3v) is 7.04. The Hall–Kier alpha value is -3.49. The van der Waals surface area contributed by atoms with Crippen molar-refractivity contribution < 1.29 is 27.8 Å². The molecule has 2 aliphatic rings. The minimum atomic E-state index is -3.11. The van der Waals surface area contributed by atoms with Gasteiger partial charge in [0.2, 0.25) is 0 Å². The summed E-state index contributed by atoms with van der Waals surface area (Å²) in [7, 11) is 1.38. The van der Waals surface area contributed by atoms with Crippen LogP contribution in [0.25, 0.3) is 16.9 Å². The summed E-state index contributed by atoms with van der Waals surface area (Å²) < 4.78 is 38.5. The number of nitrogens with zero attached hydrogens (tertiary/aromatic N) is 2. The van der Waals surface area contributed by atoms with E-state index in [1.54, 1.807) is 12.3 Å². The number of aromatic nitrogens is 2. The van der Waals surface area contributed by atoms with E-state index in [1.165, 1.54) is 13.2 Å². The number of Topliss-reactive ketones (excluding diaryl/α,β-unsaturated/α-hetero) is 1. The Kier molecular flexibility index (Phi) is 6.40. The Morgan fingerprint density at radius 2 is 1.97 bits per heavy atom. The monoisotopic (exact) mass is 497 g/mol. The summed E-state index contributed by atoms with van der Waals surface area (Å²) in [5.41, 5.74) is 2.24. The van der Waals surface area contributed by atoms with Crippen molar-refractivity contribution in [3.05, 3.63) is 47.8 Å². The molecular formula is C27H29F2N3O4. The maximum Gasteiger partial charge on any atom is 0.387 e. The number of rotatable bonds is 11. The number of hydrogen-bond donors (Lipinski definition) is 1. The molecule has 9 heteroatoms. The van der Waals surface area contributed by atoms with Gasteiger partial charge >= 0.3 is 6.61 Å². The van der Waals surface area contributed by atoms with Crippen molar-refractivity contribution in [2.45, 2.75) is 69.9 Å². The Balaban J connectivity index is 1.52. The lowest BCUT2D eigenvalue weighted by Crippen LogP contribution is -2.26. The van der Waals surface area contributed by atoms with Crippen molar-refractivity contribution in [2.24, 2.45) is 0 Å². The third kappa shape index (κ3) is 4.54. The molecule has 190 valence electrons. The number of ether oxygens (including phenoxy) is 2. The molecule has 0 radical (unpaired) electrons. The number of pyridine rings is 1. The molecule has 1 amide bonds. The van der Waals surface area contributed by atoms with Crippen LogP contribution in [-0.4, -0.2) is 40.8 Å². The molecule has 0 aliphatic heterocycles. The average Bonchev–Trinajstić information content (AvgIpc) is 3.79. The standard InChI is InChI=1S/C27H29F2N3O4/c1-3-4-5-22(33)27(9-10-27)17-8-11-32-19(15-30-23(32)14-17)16-12-20(35-2)24(21(13-16)36-26(28)29)25(34)31-18-6-7-18/h8,11-15,18,26H,3-7,9-10H2,1-2H3,(H,31,34). The van der Waals surface area contributed by atoms with Gasteiger partial charge in [-0.2, -0.15) is 8.78 Å². The lowest BCUT2D eigenvalue weighted by atomic mass is 9.89. The fraction of sp³-hybridized carbons (Fsp3) is 0.444. The van der Waals surface area contributed by atoms with Gasteiger partial charge in [-0.3, -0.25) is 14.0 Å². The number of benzene rings is 1. The highest BCUT2D eigenvalue weighted by Gasteiger charge is 2.50.